The molecule has 0 heterocycles. The maximum absolute atomic E-state index is 13.2. The number of methoxy groups -OCH3 is 1. The van der Waals surface area contributed by atoms with E-state index in [4.69, 9.17) is 14.2 Å². The smallest absolute Gasteiger partial charge is 0.258 e. The van der Waals surface area contributed by atoms with Crippen molar-refractivity contribution in [2.45, 2.75) is 90.1 Å². The number of hydrogen-bond acceptors (Lipinski definition) is 6. The fraction of sp³-hybridized carbons (Fsp3) is 0.556. The summed E-state index contributed by atoms with van der Waals surface area (Å²) in [6.07, 6.45) is 5.24. The van der Waals surface area contributed by atoms with E-state index in [0.717, 1.165) is 25.0 Å². The highest BCUT2D eigenvalue weighted by molar-refractivity contribution is 5.90. The molecule has 0 saturated carbocycles. The van der Waals surface area contributed by atoms with Crippen LogP contribution in [-0.4, -0.2) is 56.9 Å². The highest BCUT2D eigenvalue weighted by atomic mass is 16.5. The lowest BCUT2D eigenvalue weighted by molar-refractivity contribution is -0.140. The Morgan fingerprint density at radius 3 is 2.34 bits per heavy atom. The summed E-state index contributed by atoms with van der Waals surface area (Å²) in [7, 11) is 1.57. The largest absolute Gasteiger partial charge is 0.493 e. The third kappa shape index (κ3) is 8.63. The predicted molar refractivity (Wildman–Crippen MR) is 175 cm³/mol. The summed E-state index contributed by atoms with van der Waals surface area (Å²) in [6, 6.07) is 13.7. The van der Waals surface area contributed by atoms with Gasteiger partial charge in [0.15, 0.2) is 12.2 Å². The van der Waals surface area contributed by atoms with E-state index in [1.54, 1.807) is 31.4 Å². The Kier molecular flexibility index (Phi) is 12.4. The van der Waals surface area contributed by atoms with Crippen LogP contribution in [0.5, 0.6) is 5.75 Å². The summed E-state index contributed by atoms with van der Waals surface area (Å²) < 4.78 is 17.0. The normalized spacial score (nSPS) is 16.5. The molecule has 1 unspecified atom stereocenters. The number of fused-ring (bicyclic) bond motifs is 1. The minimum absolute atomic E-state index is 0.00922. The molecule has 0 saturated heterocycles. The fourth-order valence-corrected chi connectivity index (χ4v) is 5.12. The van der Waals surface area contributed by atoms with Gasteiger partial charge in [0.2, 0.25) is 0 Å². The first-order valence-corrected chi connectivity index (χ1v) is 15.9. The lowest BCUT2D eigenvalue weighted by Gasteiger charge is -2.32. The molecular formula is C36H52N2O6. The van der Waals surface area contributed by atoms with Crippen LogP contribution in [-0.2, 0) is 35.5 Å². The number of hydrogen-bond donors (Lipinski definition) is 3. The molecule has 2 amide bonds. The summed E-state index contributed by atoms with van der Waals surface area (Å²) in [5.74, 6) is 0.654. The number of aliphatic hydroxyl groups is 1. The van der Waals surface area contributed by atoms with Crippen molar-refractivity contribution in [3.8, 4) is 5.75 Å². The molecule has 1 aliphatic carbocycles. The molecule has 0 radical (unpaired) electrons. The highest BCUT2D eigenvalue weighted by Crippen LogP contribution is 2.39. The Labute approximate surface area is 263 Å². The first kappa shape index (κ1) is 35.1. The predicted octanol–water partition coefficient (Wildman–Crippen LogP) is 5.75. The van der Waals surface area contributed by atoms with E-state index in [1.807, 2.05) is 6.07 Å². The number of nitrogens with one attached hydrogen (secondary N) is 2. The highest BCUT2D eigenvalue weighted by Gasteiger charge is 2.42. The van der Waals surface area contributed by atoms with E-state index >= 15 is 0 Å². The zero-order valence-electron chi connectivity index (χ0n) is 27.7. The molecule has 0 fully saturated rings. The Balaban J connectivity index is 1.55. The van der Waals surface area contributed by atoms with E-state index in [1.165, 1.54) is 11.1 Å². The average molecular weight is 609 g/mol. The van der Waals surface area contributed by atoms with Crippen LogP contribution in [0.4, 0.5) is 0 Å². The first-order valence-electron chi connectivity index (χ1n) is 15.9. The zero-order chi connectivity index (χ0) is 32.4. The SMILES string of the molecule is CCC(C)(C)c1ccc(OCCCCNC(=O)C2(O)CC=C(OCC(=O)NCCOC)c3ccccc32)c(C(C)(C)CC)c1. The third-order valence-corrected chi connectivity index (χ3v) is 8.96. The third-order valence-electron chi connectivity index (χ3n) is 8.96. The molecule has 0 aliphatic heterocycles. The van der Waals surface area contributed by atoms with Gasteiger partial charge in [0.25, 0.3) is 11.8 Å². The second-order valence-corrected chi connectivity index (χ2v) is 12.8. The Hall–Kier alpha value is -3.36. The summed E-state index contributed by atoms with van der Waals surface area (Å²) in [6.45, 7) is 15.1. The number of carbonyl (C=O) groups is 2. The second-order valence-electron chi connectivity index (χ2n) is 12.8. The van der Waals surface area contributed by atoms with Crippen LogP contribution in [0.1, 0.15) is 95.9 Å². The van der Waals surface area contributed by atoms with Gasteiger partial charge in [-0.3, -0.25) is 9.59 Å². The monoisotopic (exact) mass is 608 g/mol. The molecule has 2 aromatic carbocycles. The van der Waals surface area contributed by atoms with Crippen LogP contribution in [0.15, 0.2) is 48.5 Å². The van der Waals surface area contributed by atoms with Gasteiger partial charge in [0.05, 0.1) is 13.2 Å². The Morgan fingerprint density at radius 2 is 1.64 bits per heavy atom. The number of rotatable bonds is 17. The minimum atomic E-state index is -1.73. The van der Waals surface area contributed by atoms with E-state index in [-0.39, 0.29) is 29.8 Å². The van der Waals surface area contributed by atoms with Crippen molar-refractivity contribution in [3.05, 3.63) is 70.8 Å². The van der Waals surface area contributed by atoms with Crippen LogP contribution in [0, 0.1) is 0 Å². The van der Waals surface area contributed by atoms with Gasteiger partial charge in [0, 0.05) is 43.3 Å². The van der Waals surface area contributed by atoms with Crippen molar-refractivity contribution in [1.82, 2.24) is 10.6 Å². The van der Waals surface area contributed by atoms with Gasteiger partial charge in [-0.2, -0.15) is 0 Å². The summed E-state index contributed by atoms with van der Waals surface area (Å²) in [4.78, 5) is 25.3. The topological polar surface area (TPSA) is 106 Å². The van der Waals surface area contributed by atoms with E-state index in [0.29, 0.717) is 49.6 Å². The lowest BCUT2D eigenvalue weighted by atomic mass is 9.76. The average Bonchev–Trinajstić information content (AvgIpc) is 3.02. The number of benzene rings is 2. The van der Waals surface area contributed by atoms with E-state index in [2.05, 4.69) is 70.4 Å². The molecule has 1 atom stereocenters. The maximum Gasteiger partial charge on any atom is 0.258 e. The summed E-state index contributed by atoms with van der Waals surface area (Å²) in [5.41, 5.74) is 1.97. The zero-order valence-corrected chi connectivity index (χ0v) is 27.7. The van der Waals surface area contributed by atoms with Gasteiger partial charge in [-0.25, -0.2) is 0 Å². The molecule has 44 heavy (non-hydrogen) atoms. The van der Waals surface area contributed by atoms with Gasteiger partial charge < -0.3 is 30.0 Å². The van der Waals surface area contributed by atoms with Crippen LogP contribution in [0.3, 0.4) is 0 Å². The number of amides is 2. The van der Waals surface area contributed by atoms with Crippen LogP contribution < -0.4 is 15.4 Å². The summed E-state index contributed by atoms with van der Waals surface area (Å²) >= 11 is 0. The van der Waals surface area contributed by atoms with Crippen molar-refractivity contribution in [3.63, 3.8) is 0 Å². The van der Waals surface area contributed by atoms with Crippen molar-refractivity contribution >= 4 is 17.6 Å². The van der Waals surface area contributed by atoms with Crippen molar-refractivity contribution < 1.29 is 28.9 Å². The van der Waals surface area contributed by atoms with Crippen LogP contribution in [0.25, 0.3) is 5.76 Å². The molecule has 1 aliphatic rings. The molecule has 8 nitrogen and oxygen atoms in total. The molecule has 0 spiro atoms. The molecule has 8 heteroatoms. The number of ether oxygens (including phenoxy) is 3. The summed E-state index contributed by atoms with van der Waals surface area (Å²) in [5, 5.41) is 17.1. The van der Waals surface area contributed by atoms with Crippen LogP contribution >= 0.6 is 0 Å². The second kappa shape index (κ2) is 15.6. The Morgan fingerprint density at radius 1 is 0.909 bits per heavy atom. The molecule has 2 aromatic rings. The molecule has 3 rings (SSSR count). The molecule has 3 N–H and O–H groups in total. The number of unbranched alkanes of at least 4 members (excludes halogenated alkanes) is 1. The van der Waals surface area contributed by atoms with Crippen molar-refractivity contribution in [2.75, 3.05) is 40.0 Å². The molecule has 0 aromatic heterocycles. The molecular weight excluding hydrogens is 556 g/mol. The number of carbonyl (C=O) groups excluding carboxylic acids is 2. The quantitative estimate of drug-likeness (QED) is 0.198. The van der Waals surface area contributed by atoms with Crippen molar-refractivity contribution in [1.29, 1.82) is 0 Å². The maximum atomic E-state index is 13.2. The Bertz CT molecular complexity index is 1300. The van der Waals surface area contributed by atoms with Gasteiger partial charge >= 0.3 is 0 Å². The molecule has 0 bridgehead atoms. The lowest BCUT2D eigenvalue weighted by Crippen LogP contribution is -2.46. The van der Waals surface area contributed by atoms with Gasteiger partial charge in [-0.05, 0) is 54.2 Å². The van der Waals surface area contributed by atoms with Crippen molar-refractivity contribution in [2.24, 2.45) is 0 Å². The standard InChI is InChI=1S/C36H52N2O6/c1-8-34(3,4)26-16-17-31(29(24-26)35(5,6)9-2)43-22-13-12-20-38-33(40)36(41)19-18-30(27-14-10-11-15-28(27)36)44-25-32(39)37-21-23-42-7/h10-11,14-18,24,41H,8-9,12-13,19-23,25H2,1-7H3,(H,37,39)(H,38,40). The minimum Gasteiger partial charge on any atom is -0.493 e. The molecule has 242 valence electrons. The van der Waals surface area contributed by atoms with E-state index in [9.17, 15) is 14.7 Å². The van der Waals surface area contributed by atoms with Gasteiger partial charge in [-0.15, -0.1) is 0 Å². The van der Waals surface area contributed by atoms with Gasteiger partial charge in [-0.1, -0.05) is 77.9 Å². The fourth-order valence-electron chi connectivity index (χ4n) is 5.12. The van der Waals surface area contributed by atoms with Crippen LogP contribution in [0.2, 0.25) is 0 Å². The first-order chi connectivity index (χ1) is 20.9. The van der Waals surface area contributed by atoms with Gasteiger partial charge in [0.1, 0.15) is 11.5 Å². The van der Waals surface area contributed by atoms with E-state index < -0.39 is 11.5 Å².